The lowest BCUT2D eigenvalue weighted by Crippen LogP contribution is -2.59. The lowest BCUT2D eigenvalue weighted by atomic mass is 9.64. The molecule has 0 aliphatic heterocycles. The molecule has 1 aliphatic carbocycles. The van der Waals surface area contributed by atoms with Gasteiger partial charge >= 0.3 is 0 Å². The number of oxime groups is 1. The molecule has 2 atom stereocenters. The highest BCUT2D eigenvalue weighted by atomic mass is 19.1. The van der Waals surface area contributed by atoms with Crippen LogP contribution in [-0.4, -0.2) is 28.3 Å². The van der Waals surface area contributed by atoms with Gasteiger partial charge in [0.2, 0.25) is 0 Å². The van der Waals surface area contributed by atoms with Crippen molar-refractivity contribution in [3.8, 4) is 0 Å². The number of halogens is 1. The summed E-state index contributed by atoms with van der Waals surface area (Å²) in [6, 6.07) is 4.63. The van der Waals surface area contributed by atoms with Crippen LogP contribution in [0.3, 0.4) is 0 Å². The highest BCUT2D eigenvalue weighted by molar-refractivity contribution is 5.97. The molecule has 1 saturated carbocycles. The number of nitrogens with zero attached hydrogens (tertiary/aromatic N) is 1. The Balaban J connectivity index is 2.01. The normalized spacial score (nSPS) is 25.3. The van der Waals surface area contributed by atoms with Crippen molar-refractivity contribution in [2.45, 2.75) is 39.0 Å². The Morgan fingerprint density at radius 1 is 1.55 bits per heavy atom. The SMILES string of the molecule is CC1(C)C(O)CC1NCc1ccc(/C(N)=N/O)cc1F. The van der Waals surface area contributed by atoms with Crippen LogP contribution < -0.4 is 11.1 Å². The molecule has 5 nitrogen and oxygen atoms in total. The smallest absolute Gasteiger partial charge is 0.170 e. The molecule has 5 N–H and O–H groups in total. The zero-order valence-corrected chi connectivity index (χ0v) is 11.6. The first-order chi connectivity index (χ1) is 9.36. The summed E-state index contributed by atoms with van der Waals surface area (Å²) in [5, 5.41) is 24.3. The molecule has 0 radical (unpaired) electrons. The van der Waals surface area contributed by atoms with E-state index in [0.717, 1.165) is 0 Å². The number of hydrogen-bond acceptors (Lipinski definition) is 4. The topological polar surface area (TPSA) is 90.9 Å². The third-order valence-corrected chi connectivity index (χ3v) is 4.21. The molecule has 0 saturated heterocycles. The maximum atomic E-state index is 13.9. The van der Waals surface area contributed by atoms with E-state index in [0.29, 0.717) is 24.1 Å². The lowest BCUT2D eigenvalue weighted by molar-refractivity contribution is -0.0730. The van der Waals surface area contributed by atoms with Crippen LogP contribution in [-0.2, 0) is 6.54 Å². The van der Waals surface area contributed by atoms with E-state index in [-0.39, 0.29) is 23.4 Å². The van der Waals surface area contributed by atoms with E-state index in [1.807, 2.05) is 13.8 Å². The highest BCUT2D eigenvalue weighted by Gasteiger charge is 2.46. The van der Waals surface area contributed by atoms with Gasteiger partial charge in [0.05, 0.1) is 6.10 Å². The van der Waals surface area contributed by atoms with Crippen molar-refractivity contribution in [1.82, 2.24) is 5.32 Å². The summed E-state index contributed by atoms with van der Waals surface area (Å²) >= 11 is 0. The minimum Gasteiger partial charge on any atom is -0.409 e. The van der Waals surface area contributed by atoms with Crippen LogP contribution in [0.1, 0.15) is 31.4 Å². The van der Waals surface area contributed by atoms with Crippen LogP contribution >= 0.6 is 0 Å². The number of aliphatic hydroxyl groups is 1. The molecule has 1 aliphatic rings. The first-order valence-corrected chi connectivity index (χ1v) is 6.54. The lowest BCUT2D eigenvalue weighted by Gasteiger charge is -2.49. The van der Waals surface area contributed by atoms with Gasteiger partial charge in [-0.05, 0) is 12.5 Å². The van der Waals surface area contributed by atoms with Gasteiger partial charge in [0.15, 0.2) is 5.84 Å². The Morgan fingerprint density at radius 3 is 2.75 bits per heavy atom. The number of nitrogens with two attached hydrogens (primary N) is 1. The van der Waals surface area contributed by atoms with Gasteiger partial charge in [-0.3, -0.25) is 0 Å². The summed E-state index contributed by atoms with van der Waals surface area (Å²) in [6.45, 7) is 4.34. The van der Waals surface area contributed by atoms with Crippen molar-refractivity contribution >= 4 is 5.84 Å². The van der Waals surface area contributed by atoms with E-state index in [1.54, 1.807) is 12.1 Å². The van der Waals surface area contributed by atoms with Gasteiger partial charge in [0.25, 0.3) is 0 Å². The first kappa shape index (κ1) is 14.7. The minimum absolute atomic E-state index is 0.119. The van der Waals surface area contributed by atoms with Gasteiger partial charge in [-0.1, -0.05) is 31.1 Å². The molecule has 1 aromatic carbocycles. The van der Waals surface area contributed by atoms with Gasteiger partial charge in [0.1, 0.15) is 5.82 Å². The molecule has 1 aromatic rings. The van der Waals surface area contributed by atoms with E-state index < -0.39 is 5.82 Å². The highest BCUT2D eigenvalue weighted by Crippen LogP contribution is 2.40. The number of rotatable bonds is 4. The summed E-state index contributed by atoms with van der Waals surface area (Å²) < 4.78 is 13.9. The molecular formula is C14H20FN3O2. The van der Waals surface area contributed by atoms with Gasteiger partial charge in [-0.2, -0.15) is 0 Å². The molecule has 2 rings (SSSR count). The van der Waals surface area contributed by atoms with Crippen LogP contribution in [0, 0.1) is 11.2 Å². The summed E-state index contributed by atoms with van der Waals surface area (Å²) in [5.41, 5.74) is 6.07. The number of aliphatic hydroxyl groups excluding tert-OH is 1. The van der Waals surface area contributed by atoms with E-state index >= 15 is 0 Å². The second-order valence-corrected chi connectivity index (χ2v) is 5.80. The fourth-order valence-electron chi connectivity index (χ4n) is 2.39. The van der Waals surface area contributed by atoms with Crippen LogP contribution in [0.5, 0.6) is 0 Å². The largest absolute Gasteiger partial charge is 0.409 e. The molecular weight excluding hydrogens is 261 g/mol. The average Bonchev–Trinajstić information content (AvgIpc) is 2.43. The summed E-state index contributed by atoms with van der Waals surface area (Å²) in [4.78, 5) is 0. The van der Waals surface area contributed by atoms with E-state index in [9.17, 15) is 9.50 Å². The fraction of sp³-hybridized carbons (Fsp3) is 0.500. The van der Waals surface area contributed by atoms with Crippen molar-refractivity contribution in [2.75, 3.05) is 0 Å². The molecule has 0 spiro atoms. The predicted molar refractivity (Wildman–Crippen MR) is 73.9 cm³/mol. The standard InChI is InChI=1S/C14H20FN3O2/c1-14(2)11(6-12(14)19)17-7-9-4-3-8(5-10(9)15)13(16)18-20/h3-5,11-12,17,19-20H,6-7H2,1-2H3,(H2,16,18). The molecule has 110 valence electrons. The van der Waals surface area contributed by atoms with Crippen molar-refractivity contribution in [2.24, 2.45) is 16.3 Å². The predicted octanol–water partition coefficient (Wildman–Crippen LogP) is 1.17. The zero-order valence-electron chi connectivity index (χ0n) is 11.6. The monoisotopic (exact) mass is 281 g/mol. The number of amidine groups is 1. The van der Waals surface area contributed by atoms with Gasteiger partial charge in [-0.25, -0.2) is 4.39 Å². The van der Waals surface area contributed by atoms with Gasteiger partial charge in [0, 0.05) is 29.1 Å². The van der Waals surface area contributed by atoms with Crippen molar-refractivity contribution < 1.29 is 14.7 Å². The Morgan fingerprint density at radius 2 is 2.25 bits per heavy atom. The van der Waals surface area contributed by atoms with Crippen molar-refractivity contribution in [3.05, 3.63) is 35.1 Å². The Hall–Kier alpha value is -1.66. The van der Waals surface area contributed by atoms with Crippen LogP contribution in [0.2, 0.25) is 0 Å². The third-order valence-electron chi connectivity index (χ3n) is 4.21. The van der Waals surface area contributed by atoms with Crippen LogP contribution in [0.15, 0.2) is 23.4 Å². The first-order valence-electron chi connectivity index (χ1n) is 6.54. The zero-order chi connectivity index (χ0) is 14.9. The molecule has 2 unspecified atom stereocenters. The number of nitrogens with one attached hydrogen (secondary N) is 1. The summed E-state index contributed by atoms with van der Waals surface area (Å²) in [5.74, 6) is -0.522. The molecule has 0 bridgehead atoms. The quantitative estimate of drug-likeness (QED) is 0.288. The molecule has 6 heteroatoms. The Bertz CT molecular complexity index is 531. The maximum absolute atomic E-state index is 13.9. The summed E-state index contributed by atoms with van der Waals surface area (Å²) in [7, 11) is 0. The molecule has 0 aromatic heterocycles. The van der Waals surface area contributed by atoms with E-state index in [4.69, 9.17) is 10.9 Å². The summed E-state index contributed by atoms with van der Waals surface area (Å²) in [6.07, 6.45) is 0.365. The van der Waals surface area contributed by atoms with E-state index in [1.165, 1.54) is 6.07 Å². The fourth-order valence-corrected chi connectivity index (χ4v) is 2.39. The Labute approximate surface area is 117 Å². The van der Waals surface area contributed by atoms with Crippen molar-refractivity contribution in [1.29, 1.82) is 0 Å². The average molecular weight is 281 g/mol. The third kappa shape index (κ3) is 2.62. The number of hydrogen-bond donors (Lipinski definition) is 4. The van der Waals surface area contributed by atoms with Crippen molar-refractivity contribution in [3.63, 3.8) is 0 Å². The molecule has 0 amide bonds. The number of benzene rings is 1. The molecule has 1 fully saturated rings. The van der Waals surface area contributed by atoms with Gasteiger partial charge in [-0.15, -0.1) is 0 Å². The Kier molecular flexibility index (Phi) is 3.96. The minimum atomic E-state index is -0.403. The van der Waals surface area contributed by atoms with Crippen LogP contribution in [0.4, 0.5) is 4.39 Å². The van der Waals surface area contributed by atoms with Crippen LogP contribution in [0.25, 0.3) is 0 Å². The van der Waals surface area contributed by atoms with E-state index in [2.05, 4.69) is 10.5 Å². The van der Waals surface area contributed by atoms with Gasteiger partial charge < -0.3 is 21.4 Å². The second kappa shape index (κ2) is 5.38. The maximum Gasteiger partial charge on any atom is 0.170 e. The second-order valence-electron chi connectivity index (χ2n) is 5.80. The molecule has 20 heavy (non-hydrogen) atoms. The molecule has 0 heterocycles.